The fraction of sp³-hybridized carbons (Fsp3) is 0.111. The van der Waals surface area contributed by atoms with Gasteiger partial charge in [-0.25, -0.2) is 5.41 Å². The van der Waals surface area contributed by atoms with Crippen molar-refractivity contribution >= 4 is 11.9 Å². The van der Waals surface area contributed by atoms with Crippen molar-refractivity contribution in [1.29, 1.82) is 5.41 Å². The predicted molar refractivity (Wildman–Crippen MR) is 45.7 cm³/mol. The molecule has 0 radical (unpaired) electrons. The lowest BCUT2D eigenvalue weighted by Gasteiger charge is -1.93. The van der Waals surface area contributed by atoms with Gasteiger partial charge in [0.05, 0.1) is 6.01 Å². The number of hydrogen-bond donors (Lipinski definition) is 1. The molecule has 0 fully saturated rings. The lowest BCUT2D eigenvalue weighted by Crippen LogP contribution is -1.93. The fourth-order valence-corrected chi connectivity index (χ4v) is 0.811. The van der Waals surface area contributed by atoms with Crippen LogP contribution in [0.25, 0.3) is 0 Å². The van der Waals surface area contributed by atoms with Gasteiger partial charge in [0.2, 0.25) is 0 Å². The molecule has 60 valence electrons. The Balaban J connectivity index is 2.97. The van der Waals surface area contributed by atoms with Crippen molar-refractivity contribution < 1.29 is 4.79 Å². The molecule has 0 bridgehead atoms. The number of nitrogens with zero attached hydrogens (tertiary/aromatic N) is 1. The second-order valence-electron chi connectivity index (χ2n) is 2.39. The average molecular weight is 160 g/mol. The third-order valence-corrected chi connectivity index (χ3v) is 1.46. The van der Waals surface area contributed by atoms with E-state index in [1.54, 1.807) is 18.1 Å². The molecule has 1 aromatic carbocycles. The molecule has 0 aliphatic carbocycles. The lowest BCUT2D eigenvalue weighted by molar-refractivity contribution is 0.100. The third-order valence-electron chi connectivity index (χ3n) is 1.46. The van der Waals surface area contributed by atoms with E-state index < -0.39 is 5.91 Å². The average Bonchev–Trinajstić information content (AvgIpc) is 2.06. The topological polar surface area (TPSA) is 53.3 Å². The molecule has 0 aromatic heterocycles. The van der Waals surface area contributed by atoms with Crippen LogP contribution in [0, 0.1) is 12.3 Å². The van der Waals surface area contributed by atoms with Gasteiger partial charge >= 0.3 is 0 Å². The Hall–Kier alpha value is -1.73. The minimum atomic E-state index is -0.426. The number of amides is 1. The lowest BCUT2D eigenvalue weighted by atomic mass is 10.1. The highest BCUT2D eigenvalue weighted by Crippen LogP contribution is 2.03. The zero-order valence-corrected chi connectivity index (χ0v) is 6.66. The van der Waals surface area contributed by atoms with Gasteiger partial charge in [0, 0.05) is 5.56 Å². The Labute approximate surface area is 70.3 Å². The summed E-state index contributed by atoms with van der Waals surface area (Å²) in [4.78, 5) is 14.2. The summed E-state index contributed by atoms with van der Waals surface area (Å²) < 4.78 is 0. The maximum Gasteiger partial charge on any atom is 0.286 e. The summed E-state index contributed by atoms with van der Waals surface area (Å²) in [6, 6.07) is 8.72. The highest BCUT2D eigenvalue weighted by Gasteiger charge is 2.00. The Kier molecular flexibility index (Phi) is 2.51. The van der Waals surface area contributed by atoms with Crippen LogP contribution in [0.4, 0.5) is 0 Å². The molecular weight excluding hydrogens is 152 g/mol. The molecule has 1 amide bonds. The Bertz CT molecular complexity index is 334. The number of aliphatic imine (C=N–C) groups is 1. The number of carbonyl (C=O) groups excluding carboxylic acids is 1. The van der Waals surface area contributed by atoms with Crippen LogP contribution in [-0.4, -0.2) is 11.9 Å². The van der Waals surface area contributed by atoms with Crippen molar-refractivity contribution in [2.24, 2.45) is 4.99 Å². The third kappa shape index (κ3) is 1.87. The van der Waals surface area contributed by atoms with Gasteiger partial charge in [-0.05, 0) is 19.1 Å². The molecule has 12 heavy (non-hydrogen) atoms. The van der Waals surface area contributed by atoms with Crippen LogP contribution in [0.5, 0.6) is 0 Å². The fourth-order valence-electron chi connectivity index (χ4n) is 0.811. The largest absolute Gasteiger partial charge is 0.286 e. The van der Waals surface area contributed by atoms with Gasteiger partial charge in [-0.15, -0.1) is 4.99 Å². The van der Waals surface area contributed by atoms with Gasteiger partial charge in [0.15, 0.2) is 0 Å². The zero-order chi connectivity index (χ0) is 8.97. The minimum absolute atomic E-state index is 0.426. The van der Waals surface area contributed by atoms with Gasteiger partial charge in [-0.2, -0.15) is 0 Å². The number of hydrogen-bond acceptors (Lipinski definition) is 2. The van der Waals surface area contributed by atoms with Crippen LogP contribution in [-0.2, 0) is 0 Å². The molecule has 0 spiro atoms. The number of benzene rings is 1. The molecule has 1 N–H and O–H groups in total. The van der Waals surface area contributed by atoms with Crippen LogP contribution < -0.4 is 0 Å². The van der Waals surface area contributed by atoms with Crippen molar-refractivity contribution in [3.8, 4) is 0 Å². The molecule has 0 aliphatic rings. The monoisotopic (exact) mass is 160 g/mol. The van der Waals surface area contributed by atoms with Crippen LogP contribution >= 0.6 is 0 Å². The zero-order valence-electron chi connectivity index (χ0n) is 6.66. The summed E-state index contributed by atoms with van der Waals surface area (Å²) in [6.45, 7) is 1.94. The van der Waals surface area contributed by atoms with Crippen molar-refractivity contribution in [2.45, 2.75) is 6.92 Å². The molecule has 3 nitrogen and oxygen atoms in total. The minimum Gasteiger partial charge on any atom is -0.266 e. The highest BCUT2D eigenvalue weighted by atomic mass is 16.1. The number of rotatable bonds is 1. The van der Waals surface area contributed by atoms with E-state index in [9.17, 15) is 4.79 Å². The highest BCUT2D eigenvalue weighted by molar-refractivity contribution is 5.97. The standard InChI is InChI=1S/C9H8N2O/c1-7-2-4-8(5-3-7)9(12)11-6-10/h2-5,10H,1H3. The molecule has 0 saturated carbocycles. The first-order chi connectivity index (χ1) is 5.74. The van der Waals surface area contributed by atoms with Crippen LogP contribution in [0.3, 0.4) is 0 Å². The van der Waals surface area contributed by atoms with E-state index in [1.165, 1.54) is 0 Å². The van der Waals surface area contributed by atoms with Crippen molar-refractivity contribution in [3.05, 3.63) is 35.4 Å². The second kappa shape index (κ2) is 3.60. The van der Waals surface area contributed by atoms with E-state index in [4.69, 9.17) is 5.41 Å². The molecule has 0 heterocycles. The van der Waals surface area contributed by atoms with Gasteiger partial charge in [-0.3, -0.25) is 4.79 Å². The van der Waals surface area contributed by atoms with E-state index in [-0.39, 0.29) is 0 Å². The maximum absolute atomic E-state index is 11.0. The van der Waals surface area contributed by atoms with E-state index in [2.05, 4.69) is 4.99 Å². The van der Waals surface area contributed by atoms with E-state index in [0.717, 1.165) is 5.56 Å². The van der Waals surface area contributed by atoms with Crippen molar-refractivity contribution in [3.63, 3.8) is 0 Å². The van der Waals surface area contributed by atoms with Crippen LogP contribution in [0.1, 0.15) is 15.9 Å². The van der Waals surface area contributed by atoms with Gasteiger partial charge < -0.3 is 0 Å². The molecular formula is C9H8N2O. The first-order valence-corrected chi connectivity index (χ1v) is 3.47. The normalized spacial score (nSPS) is 8.75. The Morgan fingerprint density at radius 1 is 1.42 bits per heavy atom. The van der Waals surface area contributed by atoms with Gasteiger partial charge in [0.25, 0.3) is 5.91 Å². The number of carbonyl (C=O) groups is 1. The van der Waals surface area contributed by atoms with Gasteiger partial charge in [0.1, 0.15) is 0 Å². The molecule has 3 heteroatoms. The Morgan fingerprint density at radius 3 is 2.50 bits per heavy atom. The molecule has 0 unspecified atom stereocenters. The predicted octanol–water partition coefficient (Wildman–Crippen LogP) is 1.89. The quantitative estimate of drug-likeness (QED) is 0.626. The summed E-state index contributed by atoms with van der Waals surface area (Å²) in [7, 11) is 0. The first-order valence-electron chi connectivity index (χ1n) is 3.47. The maximum atomic E-state index is 11.0. The molecule has 0 aliphatic heterocycles. The molecule has 1 aromatic rings. The summed E-state index contributed by atoms with van der Waals surface area (Å²) >= 11 is 0. The summed E-state index contributed by atoms with van der Waals surface area (Å²) in [5, 5.41) is 6.49. The second-order valence-corrected chi connectivity index (χ2v) is 2.39. The van der Waals surface area contributed by atoms with Crippen molar-refractivity contribution in [2.75, 3.05) is 0 Å². The van der Waals surface area contributed by atoms with Crippen molar-refractivity contribution in [1.82, 2.24) is 0 Å². The molecule has 1 rings (SSSR count). The van der Waals surface area contributed by atoms with Crippen LogP contribution in [0.2, 0.25) is 0 Å². The van der Waals surface area contributed by atoms with E-state index in [1.807, 2.05) is 19.1 Å². The SMILES string of the molecule is Cc1ccc(C(=O)N=C=N)cc1. The first kappa shape index (κ1) is 8.37. The molecule has 0 saturated heterocycles. The van der Waals surface area contributed by atoms with E-state index in [0.29, 0.717) is 5.56 Å². The Morgan fingerprint density at radius 2 is 2.00 bits per heavy atom. The summed E-state index contributed by atoms with van der Waals surface area (Å²) in [6.07, 6.45) is 0. The smallest absolute Gasteiger partial charge is 0.266 e. The van der Waals surface area contributed by atoms with Crippen LogP contribution in [0.15, 0.2) is 29.3 Å². The summed E-state index contributed by atoms with van der Waals surface area (Å²) in [5.74, 6) is -0.426. The van der Waals surface area contributed by atoms with E-state index >= 15 is 0 Å². The number of nitrogens with one attached hydrogen (secondary N) is 1. The van der Waals surface area contributed by atoms with Gasteiger partial charge in [-0.1, -0.05) is 17.7 Å². The molecule has 0 atom stereocenters. The number of aryl methyl sites for hydroxylation is 1. The summed E-state index contributed by atoms with van der Waals surface area (Å²) in [5.41, 5.74) is 1.57.